The predicted molar refractivity (Wildman–Crippen MR) is 102 cm³/mol. The van der Waals surface area contributed by atoms with E-state index in [0.717, 1.165) is 34.1 Å². The molecule has 0 aliphatic rings. The maximum atomic E-state index is 5.31. The van der Waals surface area contributed by atoms with Gasteiger partial charge in [-0.05, 0) is 29.3 Å². The van der Waals surface area contributed by atoms with E-state index in [1.54, 1.807) is 6.21 Å². The van der Waals surface area contributed by atoms with Gasteiger partial charge in [0.05, 0.1) is 6.21 Å². The van der Waals surface area contributed by atoms with E-state index in [4.69, 9.17) is 5.84 Å². The van der Waals surface area contributed by atoms with E-state index in [2.05, 4.69) is 51.2 Å². The van der Waals surface area contributed by atoms with Crippen molar-refractivity contribution in [1.29, 1.82) is 0 Å². The number of hydrogen-bond acceptors (Lipinski definition) is 3. The molecule has 4 aromatic rings. The summed E-state index contributed by atoms with van der Waals surface area (Å²) >= 11 is 0. The highest BCUT2D eigenvalue weighted by Crippen LogP contribution is 2.22. The molecule has 2 N–H and O–H groups in total. The first kappa shape index (κ1) is 15.1. The highest BCUT2D eigenvalue weighted by Gasteiger charge is 2.06. The summed E-state index contributed by atoms with van der Waals surface area (Å²) in [5, 5.41) is 4.79. The molecule has 0 aliphatic carbocycles. The minimum Gasteiger partial charge on any atom is -0.343 e. The Morgan fingerprint density at radius 3 is 2.68 bits per heavy atom. The van der Waals surface area contributed by atoms with Gasteiger partial charge in [0.2, 0.25) is 0 Å². The van der Waals surface area contributed by atoms with Gasteiger partial charge in [-0.3, -0.25) is 4.98 Å². The molecule has 0 unspecified atom stereocenters. The first-order valence-corrected chi connectivity index (χ1v) is 8.15. The van der Waals surface area contributed by atoms with Crippen LogP contribution in [0.2, 0.25) is 0 Å². The molecule has 0 radical (unpaired) electrons. The van der Waals surface area contributed by atoms with Gasteiger partial charge in [0.25, 0.3) is 0 Å². The Hall–Kier alpha value is -3.40. The van der Waals surface area contributed by atoms with Crippen LogP contribution in [-0.2, 0) is 6.54 Å². The molecule has 25 heavy (non-hydrogen) atoms. The van der Waals surface area contributed by atoms with Crippen molar-refractivity contribution in [1.82, 2.24) is 9.55 Å². The summed E-state index contributed by atoms with van der Waals surface area (Å²) in [7, 11) is 0. The molecule has 2 aromatic heterocycles. The van der Waals surface area contributed by atoms with E-state index in [1.807, 2.05) is 42.7 Å². The lowest BCUT2D eigenvalue weighted by Crippen LogP contribution is -1.99. The van der Waals surface area contributed by atoms with E-state index in [0.29, 0.717) is 0 Å². The molecule has 0 spiro atoms. The van der Waals surface area contributed by atoms with Crippen LogP contribution in [0, 0.1) is 0 Å². The molecule has 0 amide bonds. The number of hydrazone groups is 1. The molecule has 4 rings (SSSR count). The third-order valence-corrected chi connectivity index (χ3v) is 4.32. The van der Waals surface area contributed by atoms with Crippen molar-refractivity contribution in [2.75, 3.05) is 0 Å². The summed E-state index contributed by atoms with van der Waals surface area (Å²) in [6.07, 6.45) is 7.60. The maximum absolute atomic E-state index is 5.31. The van der Waals surface area contributed by atoms with Gasteiger partial charge in [-0.15, -0.1) is 0 Å². The molecule has 2 heterocycles. The van der Waals surface area contributed by atoms with Crippen LogP contribution in [0.3, 0.4) is 0 Å². The van der Waals surface area contributed by atoms with Crippen LogP contribution in [0.1, 0.15) is 11.1 Å². The van der Waals surface area contributed by atoms with Crippen LogP contribution < -0.4 is 5.84 Å². The molecule has 122 valence electrons. The lowest BCUT2D eigenvalue weighted by molar-refractivity contribution is 0.832. The first-order valence-electron chi connectivity index (χ1n) is 8.15. The number of benzene rings is 2. The largest absolute Gasteiger partial charge is 0.343 e. The Kier molecular flexibility index (Phi) is 4.01. The van der Waals surface area contributed by atoms with Gasteiger partial charge in [-0.25, -0.2) is 0 Å². The SMILES string of the molecule is NN=Cc1cccc2c1ccn2Cc1cncc(-c2ccccc2)c1. The molecule has 0 fully saturated rings. The van der Waals surface area contributed by atoms with Gasteiger partial charge in [0.15, 0.2) is 0 Å². The number of rotatable bonds is 4. The molecule has 0 saturated heterocycles. The van der Waals surface area contributed by atoms with Crippen LogP contribution in [0.5, 0.6) is 0 Å². The van der Waals surface area contributed by atoms with E-state index in [1.165, 1.54) is 5.56 Å². The number of aromatic nitrogens is 2. The van der Waals surface area contributed by atoms with Gasteiger partial charge < -0.3 is 10.4 Å². The molecular weight excluding hydrogens is 308 g/mol. The van der Waals surface area contributed by atoms with Crippen molar-refractivity contribution in [3.05, 3.63) is 90.4 Å². The average molecular weight is 326 g/mol. The lowest BCUT2D eigenvalue weighted by atomic mass is 10.1. The van der Waals surface area contributed by atoms with Crippen molar-refractivity contribution in [3.63, 3.8) is 0 Å². The Morgan fingerprint density at radius 2 is 1.84 bits per heavy atom. The Morgan fingerprint density at radius 1 is 0.960 bits per heavy atom. The maximum Gasteiger partial charge on any atom is 0.0544 e. The Labute approximate surface area is 146 Å². The van der Waals surface area contributed by atoms with Crippen molar-refractivity contribution in [2.24, 2.45) is 10.9 Å². The van der Waals surface area contributed by atoms with Crippen molar-refractivity contribution >= 4 is 17.1 Å². The Balaban J connectivity index is 1.69. The van der Waals surface area contributed by atoms with Crippen LogP contribution in [0.15, 0.2) is 84.4 Å². The molecule has 2 aromatic carbocycles. The molecule has 4 nitrogen and oxygen atoms in total. The van der Waals surface area contributed by atoms with Crippen LogP contribution in [-0.4, -0.2) is 15.8 Å². The summed E-state index contributed by atoms with van der Waals surface area (Å²) in [5.74, 6) is 5.31. The standard InChI is InChI=1S/C21H18N4/c22-24-14-18-7-4-8-21-20(18)9-10-25(21)15-16-11-19(13-23-12-16)17-5-2-1-3-6-17/h1-14H,15,22H2. The average Bonchev–Trinajstić information content (AvgIpc) is 3.07. The van der Waals surface area contributed by atoms with Gasteiger partial charge in [-0.1, -0.05) is 42.5 Å². The zero-order valence-corrected chi connectivity index (χ0v) is 13.7. The van der Waals surface area contributed by atoms with E-state index >= 15 is 0 Å². The third-order valence-electron chi connectivity index (χ3n) is 4.32. The summed E-state index contributed by atoms with van der Waals surface area (Å²) in [6, 6.07) is 20.8. The fourth-order valence-electron chi connectivity index (χ4n) is 3.14. The van der Waals surface area contributed by atoms with Crippen LogP contribution in [0.25, 0.3) is 22.0 Å². The number of nitrogens with zero attached hydrogens (tertiary/aromatic N) is 3. The number of pyridine rings is 1. The van der Waals surface area contributed by atoms with E-state index < -0.39 is 0 Å². The topological polar surface area (TPSA) is 56.2 Å². The second-order valence-electron chi connectivity index (χ2n) is 5.95. The molecule has 0 bridgehead atoms. The quantitative estimate of drug-likeness (QED) is 0.349. The third kappa shape index (κ3) is 3.02. The minimum absolute atomic E-state index is 0.764. The summed E-state index contributed by atoms with van der Waals surface area (Å²) in [5.41, 5.74) is 5.65. The van der Waals surface area contributed by atoms with Gasteiger partial charge >= 0.3 is 0 Å². The first-order chi connectivity index (χ1) is 12.3. The smallest absolute Gasteiger partial charge is 0.0544 e. The Bertz CT molecular complexity index is 1030. The second kappa shape index (κ2) is 6.61. The summed E-state index contributed by atoms with van der Waals surface area (Å²) in [4.78, 5) is 4.42. The fraction of sp³-hybridized carbons (Fsp3) is 0.0476. The number of nitrogens with two attached hydrogens (primary N) is 1. The molecule has 0 atom stereocenters. The predicted octanol–water partition coefficient (Wildman–Crippen LogP) is 4.04. The number of hydrogen-bond donors (Lipinski definition) is 1. The zero-order valence-electron chi connectivity index (χ0n) is 13.7. The molecule has 4 heteroatoms. The van der Waals surface area contributed by atoms with E-state index in [9.17, 15) is 0 Å². The lowest BCUT2D eigenvalue weighted by Gasteiger charge is -2.08. The van der Waals surface area contributed by atoms with E-state index in [-0.39, 0.29) is 0 Å². The van der Waals surface area contributed by atoms with Gasteiger partial charge in [-0.2, -0.15) is 5.10 Å². The second-order valence-corrected chi connectivity index (χ2v) is 5.95. The number of fused-ring (bicyclic) bond motifs is 1. The van der Waals surface area contributed by atoms with Crippen LogP contribution in [0.4, 0.5) is 0 Å². The van der Waals surface area contributed by atoms with Gasteiger partial charge in [0.1, 0.15) is 0 Å². The van der Waals surface area contributed by atoms with Crippen molar-refractivity contribution < 1.29 is 0 Å². The minimum atomic E-state index is 0.764. The van der Waals surface area contributed by atoms with Crippen LogP contribution >= 0.6 is 0 Å². The van der Waals surface area contributed by atoms with Crippen molar-refractivity contribution in [3.8, 4) is 11.1 Å². The highest BCUT2D eigenvalue weighted by atomic mass is 15.1. The summed E-state index contributed by atoms with van der Waals surface area (Å²) < 4.78 is 2.22. The normalized spacial score (nSPS) is 11.4. The molecule has 0 saturated carbocycles. The fourth-order valence-corrected chi connectivity index (χ4v) is 3.14. The molecule has 0 aliphatic heterocycles. The summed E-state index contributed by atoms with van der Waals surface area (Å²) in [6.45, 7) is 0.764. The van der Waals surface area contributed by atoms with Gasteiger partial charge in [0, 0.05) is 47.2 Å². The highest BCUT2D eigenvalue weighted by molar-refractivity contribution is 5.98. The monoisotopic (exact) mass is 326 g/mol. The molecular formula is C21H18N4. The van der Waals surface area contributed by atoms with Crippen molar-refractivity contribution in [2.45, 2.75) is 6.54 Å². The zero-order chi connectivity index (χ0) is 17.1.